The summed E-state index contributed by atoms with van der Waals surface area (Å²) in [4.78, 5) is 13.5. The van der Waals surface area contributed by atoms with Crippen LogP contribution in [0.15, 0.2) is 170 Å². The van der Waals surface area contributed by atoms with Gasteiger partial charge in [-0.1, -0.05) is 162 Å². The molecule has 0 radical (unpaired) electrons. The van der Waals surface area contributed by atoms with E-state index in [9.17, 15) is 18.0 Å². The van der Waals surface area contributed by atoms with E-state index in [4.69, 9.17) is 9.47 Å². The van der Waals surface area contributed by atoms with Crippen LogP contribution < -0.4 is 14.8 Å². The third kappa shape index (κ3) is 8.91. The van der Waals surface area contributed by atoms with Gasteiger partial charge in [-0.25, -0.2) is 0 Å². The zero-order valence-corrected chi connectivity index (χ0v) is 41.9. The van der Waals surface area contributed by atoms with E-state index in [-0.39, 0.29) is 5.91 Å². The molecule has 1 heterocycles. The molecule has 1 fully saturated rings. The Hall–Kier alpha value is -7.38. The molecule has 3 aliphatic rings. The number of anilines is 1. The van der Waals surface area contributed by atoms with E-state index in [1.54, 1.807) is 13.2 Å². The molecule has 4 nitrogen and oxygen atoms in total. The first-order valence-corrected chi connectivity index (χ1v) is 25.9. The number of halogens is 3. The van der Waals surface area contributed by atoms with Crippen molar-refractivity contribution in [2.75, 3.05) is 12.4 Å². The van der Waals surface area contributed by atoms with Gasteiger partial charge in [0.05, 0.1) is 12.7 Å². The number of alkyl halides is 3. The van der Waals surface area contributed by atoms with Gasteiger partial charge in [0.15, 0.2) is 5.60 Å². The fraction of sp³-hybridized carbons (Fsp3) is 0.258. The molecule has 0 saturated heterocycles. The van der Waals surface area contributed by atoms with Crippen molar-refractivity contribution in [2.45, 2.75) is 95.2 Å². The second-order valence-electron chi connectivity index (χ2n) is 20.8. The summed E-state index contributed by atoms with van der Waals surface area (Å²) in [5.41, 5.74) is 10.7. The van der Waals surface area contributed by atoms with Crippen molar-refractivity contribution in [1.82, 2.24) is 0 Å². The van der Waals surface area contributed by atoms with E-state index in [1.165, 1.54) is 69.1 Å². The molecule has 0 spiro atoms. The molecule has 1 N–H and O–H groups in total. The lowest BCUT2D eigenvalue weighted by Crippen LogP contribution is -2.35. The van der Waals surface area contributed by atoms with Crippen LogP contribution >= 0.6 is 0 Å². The van der Waals surface area contributed by atoms with E-state index in [0.717, 1.165) is 67.1 Å². The number of hydrogen-bond acceptors (Lipinski definition) is 3. The second kappa shape index (κ2) is 19.2. The highest BCUT2D eigenvalue weighted by Gasteiger charge is 2.45. The average Bonchev–Trinajstić information content (AvgIpc) is 3.68. The van der Waals surface area contributed by atoms with Crippen LogP contribution in [0, 0.1) is 5.92 Å². The Balaban J connectivity index is 0.856. The molecule has 1 saturated carbocycles. The van der Waals surface area contributed by atoms with Gasteiger partial charge in [-0.3, -0.25) is 4.79 Å². The SMILES string of the molecule is CCCCC[C@H]1CC[C@H](c2ccc(-c3ccc(C(=O)Nc4ccc(-c5ccc6c(c5)-c5c(c7c(c8cc(C(F)(F)F)ccc58)OC(c5ccccc5)(c5ccc(OC)cc5)C=C7)C6(C)C)cc4)cc3)cc2)CC1. The van der Waals surface area contributed by atoms with Gasteiger partial charge in [0.25, 0.3) is 5.91 Å². The van der Waals surface area contributed by atoms with Gasteiger partial charge in [0.2, 0.25) is 0 Å². The minimum absolute atomic E-state index is 0.191. The fourth-order valence-corrected chi connectivity index (χ4v) is 12.0. The van der Waals surface area contributed by atoms with Gasteiger partial charge >= 0.3 is 6.18 Å². The third-order valence-corrected chi connectivity index (χ3v) is 16.1. The van der Waals surface area contributed by atoms with Gasteiger partial charge in [-0.2, -0.15) is 13.2 Å². The van der Waals surface area contributed by atoms with Gasteiger partial charge in [-0.15, -0.1) is 0 Å². The number of fused-ring (bicyclic) bond motifs is 8. The zero-order chi connectivity index (χ0) is 50.5. The Kier molecular flexibility index (Phi) is 12.6. The third-order valence-electron chi connectivity index (χ3n) is 16.1. The summed E-state index contributed by atoms with van der Waals surface area (Å²) < 4.78 is 56.6. The Morgan fingerprint density at radius 3 is 2.01 bits per heavy atom. The van der Waals surface area contributed by atoms with Crippen LogP contribution in [0.25, 0.3) is 50.2 Å². The van der Waals surface area contributed by atoms with E-state index in [0.29, 0.717) is 39.4 Å². The molecular weight excluding hydrogens is 912 g/mol. The molecule has 1 amide bonds. The van der Waals surface area contributed by atoms with Crippen LogP contribution in [0.5, 0.6) is 11.5 Å². The van der Waals surface area contributed by atoms with Crippen LogP contribution in [-0.4, -0.2) is 13.0 Å². The number of carbonyl (C=O) groups excluding carboxylic acids is 1. The van der Waals surface area contributed by atoms with Crippen LogP contribution in [-0.2, 0) is 17.2 Å². The number of amides is 1. The molecule has 1 unspecified atom stereocenters. The van der Waals surface area contributed by atoms with Crippen molar-refractivity contribution in [3.63, 3.8) is 0 Å². The summed E-state index contributed by atoms with van der Waals surface area (Å²) in [6, 6.07) is 52.4. The Labute approximate surface area is 426 Å². The monoisotopic (exact) mass is 971 g/mol. The highest BCUT2D eigenvalue weighted by molar-refractivity contribution is 6.09. The highest BCUT2D eigenvalue weighted by Crippen LogP contribution is 2.59. The maximum atomic E-state index is 14.6. The van der Waals surface area contributed by atoms with Gasteiger partial charge in [0, 0.05) is 38.7 Å². The standard InChI is InChI=1S/C66H60F3NO3/c1-5-6-8-11-42-14-16-43(17-15-42)44-18-20-45(21-19-44)46-22-24-48(25-23-46)63(71)70-53-32-26-47(27-33-53)49-28-37-59-58(40-49)60-55-36-31-52(66(67,68)69)41-57(55)62-56(61(60)64(59,2)3)38-39-65(73-62,50-12-9-7-10-13-50)51-29-34-54(72-4)35-30-51/h7,9-10,12-13,18-43H,5-6,8,11,14-17H2,1-4H3,(H,70,71)/t42-,43-,65?. The quantitative estimate of drug-likeness (QED) is 0.124. The first-order valence-electron chi connectivity index (χ1n) is 25.9. The second-order valence-corrected chi connectivity index (χ2v) is 20.8. The molecule has 73 heavy (non-hydrogen) atoms. The van der Waals surface area contributed by atoms with Gasteiger partial charge in [0.1, 0.15) is 11.5 Å². The van der Waals surface area contributed by atoms with Crippen molar-refractivity contribution in [3.8, 4) is 44.9 Å². The van der Waals surface area contributed by atoms with E-state index in [1.807, 2.05) is 115 Å². The van der Waals surface area contributed by atoms with Crippen LogP contribution in [0.1, 0.15) is 127 Å². The van der Waals surface area contributed by atoms with E-state index in [2.05, 4.69) is 68.6 Å². The fourth-order valence-electron chi connectivity index (χ4n) is 12.0. The number of hydrogen-bond donors (Lipinski definition) is 1. The first-order chi connectivity index (χ1) is 35.3. The number of carbonyl (C=O) groups is 1. The van der Waals surface area contributed by atoms with Crippen molar-refractivity contribution in [2.24, 2.45) is 5.92 Å². The normalized spacial score (nSPS) is 18.6. The van der Waals surface area contributed by atoms with Gasteiger partial charge in [-0.05, 0) is 154 Å². The predicted octanol–water partition coefficient (Wildman–Crippen LogP) is 18.0. The van der Waals surface area contributed by atoms with Gasteiger partial charge < -0.3 is 14.8 Å². The molecule has 2 aliphatic carbocycles. The molecular formula is C66H60F3NO3. The Morgan fingerprint density at radius 1 is 0.699 bits per heavy atom. The molecule has 0 bridgehead atoms. The smallest absolute Gasteiger partial charge is 0.416 e. The lowest BCUT2D eigenvalue weighted by Gasteiger charge is -2.38. The minimum atomic E-state index is -4.57. The lowest BCUT2D eigenvalue weighted by atomic mass is 9.76. The highest BCUT2D eigenvalue weighted by atomic mass is 19.4. The van der Waals surface area contributed by atoms with Crippen LogP contribution in [0.2, 0.25) is 0 Å². The molecule has 1 aliphatic heterocycles. The number of rotatable bonds is 12. The van der Waals surface area contributed by atoms with E-state index >= 15 is 0 Å². The van der Waals surface area contributed by atoms with Crippen LogP contribution in [0.4, 0.5) is 18.9 Å². The summed E-state index contributed by atoms with van der Waals surface area (Å²) in [5.74, 6) is 2.44. The number of methoxy groups -OCH3 is 1. The molecule has 11 rings (SSSR count). The molecule has 8 aromatic rings. The predicted molar refractivity (Wildman–Crippen MR) is 291 cm³/mol. The average molecular weight is 972 g/mol. The van der Waals surface area contributed by atoms with E-state index < -0.39 is 22.8 Å². The zero-order valence-electron chi connectivity index (χ0n) is 41.9. The van der Waals surface area contributed by atoms with Crippen LogP contribution in [0.3, 0.4) is 0 Å². The Morgan fingerprint density at radius 2 is 1.34 bits per heavy atom. The van der Waals surface area contributed by atoms with Crippen molar-refractivity contribution >= 4 is 28.4 Å². The van der Waals surface area contributed by atoms with Crippen molar-refractivity contribution in [1.29, 1.82) is 0 Å². The largest absolute Gasteiger partial charge is 0.497 e. The maximum absolute atomic E-state index is 14.6. The number of nitrogens with one attached hydrogen (secondary N) is 1. The molecule has 1 atom stereocenters. The summed E-state index contributed by atoms with van der Waals surface area (Å²) in [6.45, 7) is 6.63. The number of ether oxygens (including phenoxy) is 2. The number of unbranched alkanes of at least 4 members (excludes halogenated alkanes) is 2. The molecule has 8 aromatic carbocycles. The summed E-state index contributed by atoms with van der Waals surface area (Å²) in [5, 5.41) is 4.15. The summed E-state index contributed by atoms with van der Waals surface area (Å²) in [6.07, 6.45) is 10.1. The topological polar surface area (TPSA) is 47.6 Å². The lowest BCUT2D eigenvalue weighted by molar-refractivity contribution is -0.137. The van der Waals surface area contributed by atoms with Crippen molar-refractivity contribution in [3.05, 3.63) is 214 Å². The summed E-state index contributed by atoms with van der Waals surface area (Å²) >= 11 is 0. The number of benzene rings is 8. The minimum Gasteiger partial charge on any atom is -0.497 e. The summed E-state index contributed by atoms with van der Waals surface area (Å²) in [7, 11) is 1.61. The molecule has 7 heteroatoms. The maximum Gasteiger partial charge on any atom is 0.416 e. The Bertz CT molecular complexity index is 3350. The van der Waals surface area contributed by atoms with Crippen molar-refractivity contribution < 1.29 is 27.4 Å². The first kappa shape index (κ1) is 47.9. The molecule has 368 valence electrons. The molecule has 0 aromatic heterocycles.